The molecule has 1 unspecified atom stereocenters. The van der Waals surface area contributed by atoms with Gasteiger partial charge in [-0.05, 0) is 56.9 Å². The average molecular weight is 356 g/mol. The quantitative estimate of drug-likeness (QED) is 0.678. The fourth-order valence-corrected chi connectivity index (χ4v) is 5.04. The Morgan fingerprint density at radius 2 is 2.31 bits per heavy atom. The van der Waals surface area contributed by atoms with Crippen molar-refractivity contribution in [2.45, 2.75) is 57.6 Å². The summed E-state index contributed by atoms with van der Waals surface area (Å²) in [5.74, 6) is 0.868. The number of hydrogen-bond donors (Lipinski definition) is 4. The summed E-state index contributed by atoms with van der Waals surface area (Å²) < 4.78 is 0. The van der Waals surface area contributed by atoms with Crippen LogP contribution in [0, 0.1) is 11.8 Å². The molecule has 4 rings (SSSR count). The number of nitrogens with one attached hydrogen (secondary N) is 3. The summed E-state index contributed by atoms with van der Waals surface area (Å²) in [4.78, 5) is 20.1. The molecule has 2 aliphatic carbocycles. The Hall–Kier alpha value is -2.08. The van der Waals surface area contributed by atoms with Crippen LogP contribution in [0.4, 0.5) is 5.69 Å². The van der Waals surface area contributed by atoms with Crippen molar-refractivity contribution in [2.75, 3.05) is 11.9 Å². The van der Waals surface area contributed by atoms with Gasteiger partial charge in [0.15, 0.2) is 0 Å². The average Bonchev–Trinajstić information content (AvgIpc) is 3.06. The monoisotopic (exact) mass is 356 g/mol. The molecule has 2 aliphatic rings. The van der Waals surface area contributed by atoms with Gasteiger partial charge < -0.3 is 20.7 Å². The number of carbonyl (C=O) groups excluding carboxylic acids is 1. The molecular formula is C20H28N4O2. The van der Waals surface area contributed by atoms with Crippen LogP contribution in [0.25, 0.3) is 11.0 Å². The van der Waals surface area contributed by atoms with Gasteiger partial charge in [0.05, 0.1) is 16.9 Å². The number of carbonyl (C=O) groups is 1. The van der Waals surface area contributed by atoms with Crippen LogP contribution in [0.1, 0.15) is 56.3 Å². The maximum Gasteiger partial charge on any atom is 0.254 e. The van der Waals surface area contributed by atoms with E-state index in [9.17, 15) is 9.90 Å². The van der Waals surface area contributed by atoms with Gasteiger partial charge in [0, 0.05) is 30.4 Å². The SMILES string of the molecule is CCNC(=O)c1cnc2[nH]ccc2c1N[C@@H]1CC[C@]2(O)CC(C)C[C@H]1C2. The normalized spacial score (nSPS) is 31.0. The molecule has 6 nitrogen and oxygen atoms in total. The zero-order chi connectivity index (χ0) is 18.3. The maximum absolute atomic E-state index is 12.5. The third kappa shape index (κ3) is 3.07. The van der Waals surface area contributed by atoms with Crippen LogP contribution < -0.4 is 10.6 Å². The summed E-state index contributed by atoms with van der Waals surface area (Å²) in [5, 5.41) is 18.3. The minimum atomic E-state index is -0.495. The van der Waals surface area contributed by atoms with E-state index < -0.39 is 5.60 Å². The van der Waals surface area contributed by atoms with Crippen molar-refractivity contribution >= 4 is 22.6 Å². The highest BCUT2D eigenvalue weighted by Crippen LogP contribution is 2.46. The molecule has 140 valence electrons. The molecule has 2 fully saturated rings. The summed E-state index contributed by atoms with van der Waals surface area (Å²) in [6.07, 6.45) is 8.14. The van der Waals surface area contributed by atoms with Crippen molar-refractivity contribution in [1.29, 1.82) is 0 Å². The molecule has 2 heterocycles. The molecule has 2 aromatic rings. The molecule has 2 saturated carbocycles. The summed E-state index contributed by atoms with van der Waals surface area (Å²) in [7, 11) is 0. The summed E-state index contributed by atoms with van der Waals surface area (Å²) >= 11 is 0. The van der Waals surface area contributed by atoms with Crippen LogP contribution in [0.3, 0.4) is 0 Å². The number of rotatable bonds is 4. The fourth-order valence-electron chi connectivity index (χ4n) is 5.04. The van der Waals surface area contributed by atoms with Gasteiger partial charge in [-0.15, -0.1) is 0 Å². The number of nitrogens with zero attached hydrogens (tertiary/aromatic N) is 1. The fraction of sp³-hybridized carbons (Fsp3) is 0.600. The van der Waals surface area contributed by atoms with E-state index in [2.05, 4.69) is 27.5 Å². The lowest BCUT2D eigenvalue weighted by Gasteiger charge is -2.48. The zero-order valence-corrected chi connectivity index (χ0v) is 15.5. The highest BCUT2D eigenvalue weighted by atomic mass is 16.3. The highest BCUT2D eigenvalue weighted by molar-refractivity contribution is 6.06. The molecule has 26 heavy (non-hydrogen) atoms. The molecule has 0 aliphatic heterocycles. The van der Waals surface area contributed by atoms with Gasteiger partial charge in [0.1, 0.15) is 5.65 Å². The van der Waals surface area contributed by atoms with Gasteiger partial charge >= 0.3 is 0 Å². The zero-order valence-electron chi connectivity index (χ0n) is 15.5. The van der Waals surface area contributed by atoms with Crippen LogP contribution in [-0.2, 0) is 0 Å². The second-order valence-electron chi connectivity index (χ2n) is 8.17. The van der Waals surface area contributed by atoms with E-state index in [1.165, 1.54) is 0 Å². The molecule has 0 radical (unpaired) electrons. The molecular weight excluding hydrogens is 328 g/mol. The second kappa shape index (κ2) is 6.58. The van der Waals surface area contributed by atoms with Gasteiger partial charge in [-0.1, -0.05) is 6.92 Å². The number of H-pyrrole nitrogens is 1. The van der Waals surface area contributed by atoms with Gasteiger partial charge in [0.25, 0.3) is 5.91 Å². The number of amides is 1. The lowest BCUT2D eigenvalue weighted by molar-refractivity contribution is -0.0677. The Morgan fingerprint density at radius 1 is 1.46 bits per heavy atom. The van der Waals surface area contributed by atoms with E-state index in [1.54, 1.807) is 6.20 Å². The van der Waals surface area contributed by atoms with Crippen molar-refractivity contribution in [3.8, 4) is 0 Å². The smallest absolute Gasteiger partial charge is 0.254 e. The molecule has 4 atom stereocenters. The number of pyridine rings is 1. The first-order valence-corrected chi connectivity index (χ1v) is 9.72. The van der Waals surface area contributed by atoms with Crippen LogP contribution in [0.15, 0.2) is 18.5 Å². The third-order valence-corrected chi connectivity index (χ3v) is 6.06. The molecule has 1 amide bonds. The van der Waals surface area contributed by atoms with Crippen molar-refractivity contribution in [3.63, 3.8) is 0 Å². The second-order valence-corrected chi connectivity index (χ2v) is 8.17. The first-order valence-electron chi connectivity index (χ1n) is 9.72. The molecule has 4 N–H and O–H groups in total. The number of anilines is 1. The van der Waals surface area contributed by atoms with Crippen LogP contribution in [0.5, 0.6) is 0 Å². The minimum Gasteiger partial charge on any atom is -0.390 e. The van der Waals surface area contributed by atoms with Crippen LogP contribution >= 0.6 is 0 Å². The van der Waals surface area contributed by atoms with E-state index >= 15 is 0 Å². The van der Waals surface area contributed by atoms with E-state index in [0.717, 1.165) is 48.8 Å². The molecule has 2 aromatic heterocycles. The Labute approximate surface area is 153 Å². The largest absolute Gasteiger partial charge is 0.390 e. The van der Waals surface area contributed by atoms with Crippen LogP contribution in [0.2, 0.25) is 0 Å². The lowest BCUT2D eigenvalue weighted by Crippen LogP contribution is -2.49. The van der Waals surface area contributed by atoms with Crippen molar-refractivity contribution < 1.29 is 9.90 Å². The number of fused-ring (bicyclic) bond motifs is 3. The molecule has 0 aromatic carbocycles. The molecule has 0 saturated heterocycles. The van der Waals surface area contributed by atoms with E-state index in [4.69, 9.17) is 0 Å². The molecule has 2 bridgehead atoms. The molecule has 0 spiro atoms. The predicted molar refractivity (Wildman–Crippen MR) is 102 cm³/mol. The standard InChI is InChI=1S/C20H28N4O2/c1-3-21-19(25)15-11-23-18-14(5-7-22-18)17(15)24-16-4-6-20(26)9-12(2)8-13(16)10-20/h5,7,11-13,16,26H,3-4,6,8-10H2,1-2H3,(H,21,25)(H2,22,23,24)/t12?,13-,16+,20-/m0/s1. The summed E-state index contributed by atoms with van der Waals surface area (Å²) in [5.41, 5.74) is 1.73. The number of aromatic amines is 1. The summed E-state index contributed by atoms with van der Waals surface area (Å²) in [6.45, 7) is 4.73. The van der Waals surface area contributed by atoms with Gasteiger partial charge in [-0.2, -0.15) is 0 Å². The van der Waals surface area contributed by atoms with E-state index in [-0.39, 0.29) is 11.9 Å². The maximum atomic E-state index is 12.5. The Balaban J connectivity index is 1.67. The predicted octanol–water partition coefficient (Wildman–Crippen LogP) is 3.05. The first-order chi connectivity index (χ1) is 12.5. The first kappa shape index (κ1) is 17.3. The van der Waals surface area contributed by atoms with Gasteiger partial charge in [-0.3, -0.25) is 4.79 Å². The van der Waals surface area contributed by atoms with Crippen molar-refractivity contribution in [2.24, 2.45) is 11.8 Å². The van der Waals surface area contributed by atoms with Crippen molar-refractivity contribution in [1.82, 2.24) is 15.3 Å². The Kier molecular flexibility index (Phi) is 4.39. The number of hydrogen-bond acceptors (Lipinski definition) is 4. The Morgan fingerprint density at radius 3 is 3.12 bits per heavy atom. The van der Waals surface area contributed by atoms with Gasteiger partial charge in [0.2, 0.25) is 0 Å². The topological polar surface area (TPSA) is 90.0 Å². The third-order valence-electron chi connectivity index (χ3n) is 6.06. The van der Waals surface area contributed by atoms with Crippen LogP contribution in [-0.4, -0.2) is 39.2 Å². The molecule has 6 heteroatoms. The highest BCUT2D eigenvalue weighted by Gasteiger charge is 2.44. The van der Waals surface area contributed by atoms with E-state index in [0.29, 0.717) is 23.9 Å². The Bertz CT molecular complexity index is 817. The van der Waals surface area contributed by atoms with E-state index in [1.807, 2.05) is 19.2 Å². The summed E-state index contributed by atoms with van der Waals surface area (Å²) in [6, 6.07) is 2.24. The lowest BCUT2D eigenvalue weighted by atomic mass is 9.64. The number of aromatic nitrogens is 2. The van der Waals surface area contributed by atoms with Crippen molar-refractivity contribution in [3.05, 3.63) is 24.0 Å². The van der Waals surface area contributed by atoms with Gasteiger partial charge in [-0.25, -0.2) is 4.98 Å². The minimum absolute atomic E-state index is 0.102. The number of aliphatic hydroxyl groups is 1.